The number of methoxy groups -OCH3 is 2. The zero-order valence-electron chi connectivity index (χ0n) is 18.5. The number of ether oxygens (including phenoxy) is 2. The van der Waals surface area contributed by atoms with Crippen molar-refractivity contribution < 1.29 is 18.7 Å². The summed E-state index contributed by atoms with van der Waals surface area (Å²) in [6, 6.07) is 17.5. The predicted molar refractivity (Wildman–Crippen MR) is 126 cm³/mol. The van der Waals surface area contributed by atoms with Crippen molar-refractivity contribution >= 4 is 28.1 Å². The summed E-state index contributed by atoms with van der Waals surface area (Å²) in [7, 11) is 3.18. The highest BCUT2D eigenvalue weighted by Gasteiger charge is 2.11. The second-order valence-corrected chi connectivity index (χ2v) is 7.23. The topological polar surface area (TPSA) is 77.9 Å². The number of aromatic nitrogens is 2. The molecule has 8 heteroatoms. The zero-order chi connectivity index (χ0) is 23.2. The second-order valence-electron chi connectivity index (χ2n) is 7.23. The van der Waals surface area contributed by atoms with Crippen LogP contribution < -0.4 is 14.8 Å². The normalized spacial score (nSPS) is 11.3. The Bertz CT molecular complexity index is 1280. The van der Waals surface area contributed by atoms with Crippen LogP contribution in [0.25, 0.3) is 10.9 Å². The van der Waals surface area contributed by atoms with Crippen LogP contribution in [0.4, 0.5) is 15.9 Å². The molecular weight excluding hydrogens is 423 g/mol. The van der Waals surface area contributed by atoms with Gasteiger partial charge in [0.2, 0.25) is 0 Å². The van der Waals surface area contributed by atoms with Crippen molar-refractivity contribution in [1.82, 2.24) is 9.97 Å². The largest absolute Gasteiger partial charge is 0.493 e. The minimum Gasteiger partial charge on any atom is -0.493 e. The summed E-state index contributed by atoms with van der Waals surface area (Å²) in [6.45, 7) is 2.14. The van der Waals surface area contributed by atoms with Gasteiger partial charge in [0, 0.05) is 17.1 Å². The van der Waals surface area contributed by atoms with Crippen LogP contribution in [-0.4, -0.2) is 29.9 Å². The maximum absolute atomic E-state index is 13.0. The van der Waals surface area contributed by atoms with Gasteiger partial charge in [-0.1, -0.05) is 29.4 Å². The van der Waals surface area contributed by atoms with Gasteiger partial charge in [0.15, 0.2) is 11.5 Å². The molecule has 0 fully saturated rings. The number of anilines is 2. The van der Waals surface area contributed by atoms with Crippen LogP contribution in [0.5, 0.6) is 11.5 Å². The van der Waals surface area contributed by atoms with Gasteiger partial charge in [0.05, 0.1) is 25.4 Å². The minimum atomic E-state index is -0.277. The number of fused-ring (bicyclic) bond motifs is 1. The molecule has 0 spiro atoms. The first-order chi connectivity index (χ1) is 16.1. The van der Waals surface area contributed by atoms with E-state index in [0.29, 0.717) is 17.3 Å². The molecule has 0 aliphatic carbocycles. The molecule has 0 amide bonds. The first kappa shape index (κ1) is 22.0. The molecule has 0 unspecified atom stereocenters. The van der Waals surface area contributed by atoms with E-state index >= 15 is 0 Å². The summed E-state index contributed by atoms with van der Waals surface area (Å²) in [6.07, 6.45) is 1.50. The molecule has 0 aliphatic heterocycles. The lowest BCUT2D eigenvalue weighted by Gasteiger charge is -2.12. The molecule has 168 valence electrons. The van der Waals surface area contributed by atoms with Crippen molar-refractivity contribution in [3.8, 4) is 11.5 Å². The Kier molecular flexibility index (Phi) is 6.64. The molecule has 3 aromatic carbocycles. The minimum absolute atomic E-state index is 0.270. The van der Waals surface area contributed by atoms with E-state index in [1.165, 1.54) is 18.5 Å². The highest BCUT2D eigenvalue weighted by molar-refractivity contribution is 5.99. The van der Waals surface area contributed by atoms with E-state index in [0.717, 1.165) is 33.4 Å². The monoisotopic (exact) mass is 446 g/mol. The average molecular weight is 446 g/mol. The van der Waals surface area contributed by atoms with Gasteiger partial charge >= 0.3 is 0 Å². The van der Waals surface area contributed by atoms with Crippen molar-refractivity contribution in [2.75, 3.05) is 19.5 Å². The fraction of sp³-hybridized carbons (Fsp3) is 0.160. The fourth-order valence-corrected chi connectivity index (χ4v) is 3.25. The van der Waals surface area contributed by atoms with Gasteiger partial charge in [-0.05, 0) is 48.4 Å². The molecule has 0 aliphatic rings. The Morgan fingerprint density at radius 2 is 1.64 bits per heavy atom. The fourth-order valence-electron chi connectivity index (χ4n) is 3.25. The SMILES string of the molecule is COc1cc2ncnc(Nc3ccc(/C(C)=N\OCc4ccc(F)cc4)cc3)c2cc1OC. The van der Waals surface area contributed by atoms with Crippen molar-refractivity contribution in [1.29, 1.82) is 0 Å². The third-order valence-corrected chi connectivity index (χ3v) is 5.05. The third-order valence-electron chi connectivity index (χ3n) is 5.05. The van der Waals surface area contributed by atoms with E-state index in [1.54, 1.807) is 26.4 Å². The Hall–Kier alpha value is -4.20. The molecule has 1 N–H and O–H groups in total. The molecular formula is C25H23FN4O3. The summed E-state index contributed by atoms with van der Waals surface area (Å²) in [5, 5.41) is 8.29. The third kappa shape index (κ3) is 5.17. The molecule has 7 nitrogen and oxygen atoms in total. The molecule has 1 aromatic heterocycles. The lowest BCUT2D eigenvalue weighted by molar-refractivity contribution is 0.130. The Morgan fingerprint density at radius 1 is 0.939 bits per heavy atom. The van der Waals surface area contributed by atoms with E-state index in [1.807, 2.05) is 43.3 Å². The number of rotatable bonds is 8. The molecule has 0 saturated carbocycles. The van der Waals surface area contributed by atoms with Crippen molar-refractivity contribution in [2.45, 2.75) is 13.5 Å². The summed E-state index contributed by atoms with van der Waals surface area (Å²) in [4.78, 5) is 14.1. The van der Waals surface area contributed by atoms with Crippen LogP contribution in [0, 0.1) is 5.82 Å². The van der Waals surface area contributed by atoms with E-state index in [2.05, 4.69) is 20.4 Å². The molecule has 4 rings (SSSR count). The van der Waals surface area contributed by atoms with Crippen molar-refractivity contribution in [2.24, 2.45) is 5.16 Å². The lowest BCUT2D eigenvalue weighted by atomic mass is 10.1. The highest BCUT2D eigenvalue weighted by Crippen LogP contribution is 2.34. The van der Waals surface area contributed by atoms with Gasteiger partial charge < -0.3 is 19.6 Å². The summed E-state index contributed by atoms with van der Waals surface area (Å²) in [5.74, 6) is 1.59. The van der Waals surface area contributed by atoms with E-state index < -0.39 is 0 Å². The number of benzene rings is 3. The van der Waals surface area contributed by atoms with Gasteiger partial charge in [-0.3, -0.25) is 0 Å². The van der Waals surface area contributed by atoms with Crippen LogP contribution in [0.15, 0.2) is 72.1 Å². The standard InChI is InChI=1S/C25H23FN4O3/c1-16(30-33-14-17-4-8-19(26)9-5-17)18-6-10-20(11-7-18)29-25-21-12-23(31-2)24(32-3)13-22(21)27-15-28-25/h4-13,15H,14H2,1-3H3,(H,27,28,29)/b30-16-. The number of hydrogen-bond acceptors (Lipinski definition) is 7. The van der Waals surface area contributed by atoms with Gasteiger partial charge in [-0.15, -0.1) is 0 Å². The Labute approximate surface area is 190 Å². The number of oxime groups is 1. The second kappa shape index (κ2) is 9.95. The smallest absolute Gasteiger partial charge is 0.162 e. The Morgan fingerprint density at radius 3 is 2.33 bits per heavy atom. The average Bonchev–Trinajstić information content (AvgIpc) is 2.85. The molecule has 0 saturated heterocycles. The quantitative estimate of drug-likeness (QED) is 0.286. The van der Waals surface area contributed by atoms with Gasteiger partial charge in [0.25, 0.3) is 0 Å². The van der Waals surface area contributed by atoms with Crippen molar-refractivity contribution in [3.63, 3.8) is 0 Å². The van der Waals surface area contributed by atoms with Crippen LogP contribution >= 0.6 is 0 Å². The maximum Gasteiger partial charge on any atom is 0.162 e. The number of nitrogens with zero attached hydrogens (tertiary/aromatic N) is 3. The summed E-state index contributed by atoms with van der Waals surface area (Å²) >= 11 is 0. The van der Waals surface area contributed by atoms with E-state index in [-0.39, 0.29) is 12.4 Å². The van der Waals surface area contributed by atoms with Gasteiger partial charge in [-0.2, -0.15) is 0 Å². The first-order valence-corrected chi connectivity index (χ1v) is 10.2. The van der Waals surface area contributed by atoms with E-state index in [4.69, 9.17) is 14.3 Å². The van der Waals surface area contributed by atoms with Crippen LogP contribution in [0.2, 0.25) is 0 Å². The highest BCUT2D eigenvalue weighted by atomic mass is 19.1. The molecule has 4 aromatic rings. The summed E-state index contributed by atoms with van der Waals surface area (Å²) < 4.78 is 23.7. The number of hydrogen-bond donors (Lipinski definition) is 1. The van der Waals surface area contributed by atoms with E-state index in [9.17, 15) is 4.39 Å². The molecule has 0 radical (unpaired) electrons. The maximum atomic E-state index is 13.0. The Balaban J connectivity index is 1.47. The first-order valence-electron chi connectivity index (χ1n) is 10.2. The number of nitrogens with one attached hydrogen (secondary N) is 1. The van der Waals surface area contributed by atoms with Crippen LogP contribution in [0.3, 0.4) is 0 Å². The van der Waals surface area contributed by atoms with Crippen molar-refractivity contribution in [3.05, 3.63) is 83.9 Å². The molecule has 0 atom stereocenters. The zero-order valence-corrected chi connectivity index (χ0v) is 18.5. The van der Waals surface area contributed by atoms with Crippen LogP contribution in [-0.2, 0) is 11.4 Å². The van der Waals surface area contributed by atoms with Gasteiger partial charge in [-0.25, -0.2) is 14.4 Å². The van der Waals surface area contributed by atoms with Crippen LogP contribution in [0.1, 0.15) is 18.1 Å². The lowest BCUT2D eigenvalue weighted by Crippen LogP contribution is -2.00. The van der Waals surface area contributed by atoms with Gasteiger partial charge in [0.1, 0.15) is 24.6 Å². The summed E-state index contributed by atoms with van der Waals surface area (Å²) in [5.41, 5.74) is 4.09. The molecule has 1 heterocycles. The molecule has 0 bridgehead atoms. The molecule has 33 heavy (non-hydrogen) atoms. The number of halogens is 1. The predicted octanol–water partition coefficient (Wildman–Crippen LogP) is 5.47.